The third-order valence-electron chi connectivity index (χ3n) is 4.28. The lowest BCUT2D eigenvalue weighted by Crippen LogP contribution is -2.50. The Bertz CT molecular complexity index is 438. The van der Waals surface area contributed by atoms with Crippen LogP contribution in [-0.4, -0.2) is 45.9 Å². The molecule has 1 aliphatic carbocycles. The zero-order chi connectivity index (χ0) is 12.7. The van der Waals surface area contributed by atoms with Gasteiger partial charge < -0.3 is 15.9 Å². The lowest BCUT2D eigenvalue weighted by Gasteiger charge is -2.36. The Labute approximate surface area is 107 Å². The van der Waals surface area contributed by atoms with E-state index in [-0.39, 0.29) is 12.1 Å². The van der Waals surface area contributed by atoms with Gasteiger partial charge in [-0.05, 0) is 24.0 Å². The Balaban J connectivity index is 1.80. The second-order valence-electron chi connectivity index (χ2n) is 5.44. The maximum atomic E-state index is 10.1. The summed E-state index contributed by atoms with van der Waals surface area (Å²) in [6.07, 6.45) is 0.330. The van der Waals surface area contributed by atoms with Crippen molar-refractivity contribution in [2.45, 2.75) is 43.7 Å². The molecule has 0 radical (unpaired) electrons. The van der Waals surface area contributed by atoms with Crippen LogP contribution in [0.4, 0.5) is 0 Å². The lowest BCUT2D eigenvalue weighted by molar-refractivity contribution is 0.00313. The third kappa shape index (κ3) is 1.95. The van der Waals surface area contributed by atoms with Gasteiger partial charge in [-0.2, -0.15) is 0 Å². The van der Waals surface area contributed by atoms with Crippen molar-refractivity contribution in [1.29, 1.82) is 0 Å². The monoisotopic (exact) mass is 248 g/mol. The highest BCUT2D eigenvalue weighted by atomic mass is 16.3. The first kappa shape index (κ1) is 12.1. The Morgan fingerprint density at radius 3 is 2.56 bits per heavy atom. The van der Waals surface area contributed by atoms with E-state index in [1.807, 2.05) is 6.07 Å². The largest absolute Gasteiger partial charge is 0.391 e. The molecule has 0 spiro atoms. The number of aliphatic hydroxyl groups is 2. The van der Waals surface area contributed by atoms with Gasteiger partial charge in [0.05, 0.1) is 18.2 Å². The highest BCUT2D eigenvalue weighted by Gasteiger charge is 2.43. The van der Waals surface area contributed by atoms with E-state index in [1.54, 1.807) is 0 Å². The molecule has 1 aromatic rings. The average molecular weight is 248 g/mol. The van der Waals surface area contributed by atoms with Gasteiger partial charge in [0.15, 0.2) is 0 Å². The zero-order valence-electron chi connectivity index (χ0n) is 10.4. The zero-order valence-corrected chi connectivity index (χ0v) is 10.4. The van der Waals surface area contributed by atoms with E-state index >= 15 is 0 Å². The topological polar surface area (TPSA) is 69.7 Å². The van der Waals surface area contributed by atoms with E-state index < -0.39 is 12.2 Å². The molecule has 4 nitrogen and oxygen atoms in total. The summed E-state index contributed by atoms with van der Waals surface area (Å²) in [6, 6.07) is 7.85. The molecule has 2 aliphatic rings. The number of nitrogens with two attached hydrogens (primary N) is 1. The molecule has 4 N–H and O–H groups in total. The summed E-state index contributed by atoms with van der Waals surface area (Å²) in [5.74, 6) is 0. The minimum Gasteiger partial charge on any atom is -0.391 e. The van der Waals surface area contributed by atoms with Crippen molar-refractivity contribution >= 4 is 0 Å². The maximum absolute atomic E-state index is 10.1. The normalized spacial score (nSPS) is 36.6. The number of benzene rings is 1. The quantitative estimate of drug-likeness (QED) is 0.647. The van der Waals surface area contributed by atoms with E-state index in [0.717, 1.165) is 19.5 Å². The average Bonchev–Trinajstić information content (AvgIpc) is 2.63. The molecule has 1 saturated carbocycles. The summed E-state index contributed by atoms with van der Waals surface area (Å²) in [5.41, 5.74) is 8.49. The fourth-order valence-electron chi connectivity index (χ4n) is 3.27. The van der Waals surface area contributed by atoms with Gasteiger partial charge in [0.2, 0.25) is 0 Å². The van der Waals surface area contributed by atoms with E-state index in [4.69, 9.17) is 5.73 Å². The Morgan fingerprint density at radius 2 is 1.89 bits per heavy atom. The van der Waals surface area contributed by atoms with E-state index in [2.05, 4.69) is 23.1 Å². The highest BCUT2D eigenvalue weighted by Crippen LogP contribution is 2.29. The number of rotatable bonds is 1. The first-order valence-corrected chi connectivity index (χ1v) is 6.59. The Morgan fingerprint density at radius 1 is 1.17 bits per heavy atom. The summed E-state index contributed by atoms with van der Waals surface area (Å²) in [5, 5.41) is 20.1. The Hall–Kier alpha value is -0.940. The first-order valence-electron chi connectivity index (χ1n) is 6.59. The van der Waals surface area contributed by atoms with Crippen LogP contribution in [0.3, 0.4) is 0 Å². The molecule has 0 bridgehead atoms. The summed E-state index contributed by atoms with van der Waals surface area (Å²) in [6.45, 7) is 1.67. The van der Waals surface area contributed by atoms with Gasteiger partial charge in [0, 0.05) is 19.1 Å². The number of fused-ring (bicyclic) bond motifs is 1. The molecule has 4 heteroatoms. The van der Waals surface area contributed by atoms with E-state index in [1.165, 1.54) is 11.1 Å². The molecule has 98 valence electrons. The van der Waals surface area contributed by atoms with Crippen molar-refractivity contribution in [1.82, 2.24) is 4.90 Å². The molecule has 1 aromatic carbocycles. The van der Waals surface area contributed by atoms with E-state index in [9.17, 15) is 10.2 Å². The number of hydrogen-bond donors (Lipinski definition) is 3. The lowest BCUT2D eigenvalue weighted by atomic mass is 9.97. The summed E-state index contributed by atoms with van der Waals surface area (Å²) < 4.78 is 0. The van der Waals surface area contributed by atoms with Crippen LogP contribution in [0.1, 0.15) is 17.5 Å². The first-order chi connectivity index (χ1) is 8.66. The summed E-state index contributed by atoms with van der Waals surface area (Å²) in [7, 11) is 0. The Kier molecular flexibility index (Phi) is 3.11. The second kappa shape index (κ2) is 4.63. The van der Waals surface area contributed by atoms with Gasteiger partial charge in [-0.1, -0.05) is 24.3 Å². The molecule has 3 rings (SSSR count). The molecule has 1 heterocycles. The molecule has 0 aromatic heterocycles. The minimum absolute atomic E-state index is 0.214. The van der Waals surface area contributed by atoms with Crippen LogP contribution in [0.5, 0.6) is 0 Å². The SMILES string of the molecule is N[C@@H]1C[C@H](O)[C@@H](N2CCc3ccccc3C2)[C@@H]1O. The molecule has 4 atom stereocenters. The van der Waals surface area contributed by atoms with Crippen LogP contribution in [0.2, 0.25) is 0 Å². The molecule has 0 saturated heterocycles. The molecule has 18 heavy (non-hydrogen) atoms. The highest BCUT2D eigenvalue weighted by molar-refractivity contribution is 5.29. The van der Waals surface area contributed by atoms with Crippen molar-refractivity contribution in [2.24, 2.45) is 5.73 Å². The molecular formula is C14H20N2O2. The van der Waals surface area contributed by atoms with Crippen molar-refractivity contribution < 1.29 is 10.2 Å². The van der Waals surface area contributed by atoms with E-state index in [0.29, 0.717) is 6.42 Å². The van der Waals surface area contributed by atoms with Gasteiger partial charge in [0.1, 0.15) is 0 Å². The fraction of sp³-hybridized carbons (Fsp3) is 0.571. The predicted octanol–water partition coefficient (Wildman–Crippen LogP) is -0.134. The number of aliphatic hydroxyl groups excluding tert-OH is 2. The molecule has 0 unspecified atom stereocenters. The van der Waals surface area contributed by atoms with Crippen LogP contribution in [-0.2, 0) is 13.0 Å². The predicted molar refractivity (Wildman–Crippen MR) is 69.0 cm³/mol. The van der Waals surface area contributed by atoms with Crippen molar-refractivity contribution in [3.63, 3.8) is 0 Å². The number of nitrogens with zero attached hydrogens (tertiary/aromatic N) is 1. The smallest absolute Gasteiger partial charge is 0.0872 e. The number of hydrogen-bond acceptors (Lipinski definition) is 4. The van der Waals surface area contributed by atoms with Gasteiger partial charge in [-0.3, -0.25) is 4.90 Å². The molecule has 1 aliphatic heterocycles. The minimum atomic E-state index is -0.620. The van der Waals surface area contributed by atoms with Gasteiger partial charge in [0.25, 0.3) is 0 Å². The summed E-state index contributed by atoms with van der Waals surface area (Å²) in [4.78, 5) is 2.17. The standard InChI is InChI=1S/C14H20N2O2/c15-11-7-12(17)13(14(11)18)16-6-5-9-3-1-2-4-10(9)8-16/h1-4,11-14,17-18H,5-8,15H2/t11-,12+,13-,14-/m1/s1. The summed E-state index contributed by atoms with van der Waals surface area (Å²) >= 11 is 0. The van der Waals surface area contributed by atoms with Crippen molar-refractivity contribution in [3.05, 3.63) is 35.4 Å². The molecule has 1 fully saturated rings. The van der Waals surface area contributed by atoms with Crippen molar-refractivity contribution in [2.75, 3.05) is 6.54 Å². The fourth-order valence-corrected chi connectivity index (χ4v) is 3.27. The van der Waals surface area contributed by atoms with Crippen LogP contribution in [0.15, 0.2) is 24.3 Å². The van der Waals surface area contributed by atoms with Crippen LogP contribution in [0, 0.1) is 0 Å². The van der Waals surface area contributed by atoms with Crippen LogP contribution >= 0.6 is 0 Å². The van der Waals surface area contributed by atoms with Gasteiger partial charge >= 0.3 is 0 Å². The molecule has 0 amide bonds. The van der Waals surface area contributed by atoms with Gasteiger partial charge in [-0.25, -0.2) is 0 Å². The van der Waals surface area contributed by atoms with Crippen molar-refractivity contribution in [3.8, 4) is 0 Å². The third-order valence-corrected chi connectivity index (χ3v) is 4.28. The van der Waals surface area contributed by atoms with Crippen LogP contribution < -0.4 is 5.73 Å². The maximum Gasteiger partial charge on any atom is 0.0872 e. The van der Waals surface area contributed by atoms with Gasteiger partial charge in [-0.15, -0.1) is 0 Å². The van der Waals surface area contributed by atoms with Crippen LogP contribution in [0.25, 0.3) is 0 Å². The molecular weight excluding hydrogens is 228 g/mol. The second-order valence-corrected chi connectivity index (χ2v) is 5.44.